The molecule has 0 saturated carbocycles. The summed E-state index contributed by atoms with van der Waals surface area (Å²) >= 11 is 0. The molecule has 0 aliphatic rings. The highest BCUT2D eigenvalue weighted by molar-refractivity contribution is 5.80. The van der Waals surface area contributed by atoms with E-state index in [1.807, 2.05) is 5.32 Å². The van der Waals surface area contributed by atoms with Crippen LogP contribution in [0.25, 0.3) is 0 Å². The molecule has 0 radical (unpaired) electrons. The Morgan fingerprint density at radius 2 is 2.08 bits per heavy atom. The van der Waals surface area contributed by atoms with E-state index < -0.39 is 12.7 Å². The SMILES string of the molecule is C#CCCC(=O)CNCC(F)(F)F. The van der Waals surface area contributed by atoms with E-state index >= 15 is 0 Å². The molecule has 0 rings (SSSR count). The summed E-state index contributed by atoms with van der Waals surface area (Å²) in [6, 6.07) is 0. The molecule has 1 N–H and O–H groups in total. The molecule has 0 atom stereocenters. The minimum absolute atomic E-state index is 0.126. The molecule has 0 unspecified atom stereocenters. The molecule has 0 bridgehead atoms. The van der Waals surface area contributed by atoms with Crippen LogP contribution in [0.15, 0.2) is 0 Å². The number of rotatable bonds is 5. The largest absolute Gasteiger partial charge is 0.401 e. The minimum Gasteiger partial charge on any atom is -0.302 e. The highest BCUT2D eigenvalue weighted by Crippen LogP contribution is 2.11. The number of terminal acetylenes is 1. The number of halogens is 3. The fraction of sp³-hybridized carbons (Fsp3) is 0.625. The third-order valence-electron chi connectivity index (χ3n) is 1.20. The zero-order chi connectivity index (χ0) is 10.3. The second kappa shape index (κ2) is 5.60. The molecule has 0 fully saturated rings. The summed E-state index contributed by atoms with van der Waals surface area (Å²) in [6.45, 7) is -1.42. The Labute approximate surface area is 74.5 Å². The van der Waals surface area contributed by atoms with E-state index in [4.69, 9.17) is 6.42 Å². The van der Waals surface area contributed by atoms with Crippen molar-refractivity contribution in [2.45, 2.75) is 19.0 Å². The topological polar surface area (TPSA) is 29.1 Å². The van der Waals surface area contributed by atoms with Gasteiger partial charge in [0.05, 0.1) is 13.1 Å². The summed E-state index contributed by atoms with van der Waals surface area (Å²) in [5.74, 6) is 1.93. The van der Waals surface area contributed by atoms with Crippen LogP contribution >= 0.6 is 0 Å². The van der Waals surface area contributed by atoms with Crippen LogP contribution < -0.4 is 5.32 Å². The molecule has 0 aromatic heterocycles. The Morgan fingerprint density at radius 1 is 1.46 bits per heavy atom. The number of nitrogens with one attached hydrogen (secondary N) is 1. The van der Waals surface area contributed by atoms with E-state index in [2.05, 4.69) is 5.92 Å². The second-order valence-corrected chi connectivity index (χ2v) is 2.46. The predicted molar refractivity (Wildman–Crippen MR) is 42.0 cm³/mol. The summed E-state index contributed by atoms with van der Waals surface area (Å²) in [5.41, 5.74) is 0. The molecule has 0 aliphatic carbocycles. The fourth-order valence-electron chi connectivity index (χ4n) is 0.644. The van der Waals surface area contributed by atoms with Crippen molar-refractivity contribution >= 4 is 5.78 Å². The lowest BCUT2D eigenvalue weighted by Crippen LogP contribution is -2.32. The summed E-state index contributed by atoms with van der Waals surface area (Å²) < 4.78 is 34.7. The number of Topliss-reactive ketones (excluding diaryl/α,β-unsaturated/α-hetero) is 1. The zero-order valence-corrected chi connectivity index (χ0v) is 6.95. The van der Waals surface area contributed by atoms with Gasteiger partial charge in [-0.05, 0) is 0 Å². The summed E-state index contributed by atoms with van der Waals surface area (Å²) in [4.78, 5) is 10.8. The van der Waals surface area contributed by atoms with Crippen LogP contribution in [0.1, 0.15) is 12.8 Å². The standard InChI is InChI=1S/C8H10F3NO/c1-2-3-4-7(13)5-12-6-8(9,10)11/h1,12H,3-6H2. The van der Waals surface area contributed by atoms with Crippen molar-refractivity contribution in [1.82, 2.24) is 5.32 Å². The van der Waals surface area contributed by atoms with E-state index in [1.165, 1.54) is 0 Å². The smallest absolute Gasteiger partial charge is 0.302 e. The molecule has 0 heterocycles. The van der Waals surface area contributed by atoms with E-state index in [1.54, 1.807) is 0 Å². The van der Waals surface area contributed by atoms with Crippen molar-refractivity contribution in [3.8, 4) is 12.3 Å². The number of hydrogen-bond acceptors (Lipinski definition) is 2. The Kier molecular flexibility index (Phi) is 5.16. The second-order valence-electron chi connectivity index (χ2n) is 2.46. The van der Waals surface area contributed by atoms with Gasteiger partial charge in [0.15, 0.2) is 0 Å². The number of ketones is 1. The van der Waals surface area contributed by atoms with E-state index in [0.717, 1.165) is 0 Å². The van der Waals surface area contributed by atoms with Gasteiger partial charge in [-0.1, -0.05) is 0 Å². The number of alkyl halides is 3. The Hall–Kier alpha value is -1.02. The van der Waals surface area contributed by atoms with Gasteiger partial charge >= 0.3 is 6.18 Å². The van der Waals surface area contributed by atoms with Gasteiger partial charge in [-0.2, -0.15) is 13.2 Å². The summed E-state index contributed by atoms with van der Waals surface area (Å²) in [7, 11) is 0. The number of carbonyl (C=O) groups is 1. The highest BCUT2D eigenvalue weighted by atomic mass is 19.4. The quantitative estimate of drug-likeness (QED) is 0.663. The van der Waals surface area contributed by atoms with Gasteiger partial charge in [0, 0.05) is 12.8 Å². The van der Waals surface area contributed by atoms with Gasteiger partial charge in [-0.3, -0.25) is 4.79 Å². The monoisotopic (exact) mass is 193 g/mol. The fourth-order valence-corrected chi connectivity index (χ4v) is 0.644. The molecular formula is C8H10F3NO. The summed E-state index contributed by atoms with van der Waals surface area (Å²) in [6.07, 6.45) is 0.997. The Bertz CT molecular complexity index is 204. The Balaban J connectivity index is 3.44. The van der Waals surface area contributed by atoms with Gasteiger partial charge in [-0.15, -0.1) is 12.3 Å². The van der Waals surface area contributed by atoms with Crippen molar-refractivity contribution in [1.29, 1.82) is 0 Å². The van der Waals surface area contributed by atoms with Crippen LogP contribution in [0.5, 0.6) is 0 Å². The van der Waals surface area contributed by atoms with Gasteiger partial charge in [-0.25, -0.2) is 0 Å². The molecule has 0 aliphatic heterocycles. The molecule has 13 heavy (non-hydrogen) atoms. The van der Waals surface area contributed by atoms with Crippen molar-refractivity contribution in [2.75, 3.05) is 13.1 Å². The van der Waals surface area contributed by atoms with Gasteiger partial charge in [0.1, 0.15) is 5.78 Å². The first kappa shape index (κ1) is 12.0. The molecule has 0 aromatic rings. The third kappa shape index (κ3) is 8.89. The molecule has 2 nitrogen and oxygen atoms in total. The molecule has 5 heteroatoms. The lowest BCUT2D eigenvalue weighted by atomic mass is 10.2. The molecule has 0 aromatic carbocycles. The first-order valence-electron chi connectivity index (χ1n) is 3.68. The van der Waals surface area contributed by atoms with Crippen molar-refractivity contribution < 1.29 is 18.0 Å². The van der Waals surface area contributed by atoms with Crippen LogP contribution in [-0.2, 0) is 4.79 Å². The molecule has 0 amide bonds. The van der Waals surface area contributed by atoms with Crippen molar-refractivity contribution in [3.63, 3.8) is 0 Å². The number of hydrogen-bond donors (Lipinski definition) is 1. The predicted octanol–water partition coefficient (Wildman–Crippen LogP) is 1.12. The maximum Gasteiger partial charge on any atom is 0.401 e. The molecule has 0 saturated heterocycles. The van der Waals surface area contributed by atoms with Crippen LogP contribution in [0.4, 0.5) is 13.2 Å². The maximum absolute atomic E-state index is 11.6. The first-order chi connectivity index (χ1) is 5.95. The molecule has 0 spiro atoms. The highest BCUT2D eigenvalue weighted by Gasteiger charge is 2.26. The van der Waals surface area contributed by atoms with E-state index in [0.29, 0.717) is 0 Å². The Morgan fingerprint density at radius 3 is 2.54 bits per heavy atom. The van der Waals surface area contributed by atoms with Crippen LogP contribution in [0, 0.1) is 12.3 Å². The van der Waals surface area contributed by atoms with Crippen molar-refractivity contribution in [3.05, 3.63) is 0 Å². The van der Waals surface area contributed by atoms with Gasteiger partial charge in [0.25, 0.3) is 0 Å². The van der Waals surface area contributed by atoms with Crippen molar-refractivity contribution in [2.24, 2.45) is 0 Å². The molecule has 74 valence electrons. The molecular weight excluding hydrogens is 183 g/mol. The minimum atomic E-state index is -4.27. The van der Waals surface area contributed by atoms with Crippen LogP contribution in [0.3, 0.4) is 0 Å². The van der Waals surface area contributed by atoms with Gasteiger partial charge in [0.2, 0.25) is 0 Å². The van der Waals surface area contributed by atoms with Crippen LogP contribution in [-0.4, -0.2) is 25.0 Å². The number of carbonyl (C=O) groups excluding carboxylic acids is 1. The zero-order valence-electron chi connectivity index (χ0n) is 6.95. The first-order valence-corrected chi connectivity index (χ1v) is 3.68. The van der Waals surface area contributed by atoms with E-state index in [-0.39, 0.29) is 25.2 Å². The lowest BCUT2D eigenvalue weighted by Gasteiger charge is -2.06. The van der Waals surface area contributed by atoms with Gasteiger partial charge < -0.3 is 5.32 Å². The average molecular weight is 193 g/mol. The lowest BCUT2D eigenvalue weighted by molar-refractivity contribution is -0.127. The normalized spacial score (nSPS) is 10.9. The third-order valence-corrected chi connectivity index (χ3v) is 1.20. The maximum atomic E-state index is 11.6. The van der Waals surface area contributed by atoms with Crippen LogP contribution in [0.2, 0.25) is 0 Å². The van der Waals surface area contributed by atoms with E-state index in [9.17, 15) is 18.0 Å². The summed E-state index contributed by atoms with van der Waals surface area (Å²) in [5, 5.41) is 1.99. The average Bonchev–Trinajstić information content (AvgIpc) is 1.98.